The van der Waals surface area contributed by atoms with Crippen LogP contribution in [0.15, 0.2) is 23.2 Å². The number of likely N-dealkylation sites (tertiary alicyclic amines) is 1. The fraction of sp³-hybridized carbons (Fsp3) is 0.579. The lowest BCUT2D eigenvalue weighted by molar-refractivity contribution is -0.127. The molecule has 0 aromatic heterocycles. The number of guanidine groups is 1. The molecule has 1 fully saturated rings. The van der Waals surface area contributed by atoms with Gasteiger partial charge >= 0.3 is 0 Å². The maximum atomic E-state index is 14.0. The lowest BCUT2D eigenvalue weighted by Crippen LogP contribution is -2.48. The maximum Gasteiger partial charge on any atom is 0.243 e. The lowest BCUT2D eigenvalue weighted by Gasteiger charge is -2.28. The highest BCUT2D eigenvalue weighted by atomic mass is 35.5. The van der Waals surface area contributed by atoms with Crippen LogP contribution in [0.1, 0.15) is 31.9 Å². The van der Waals surface area contributed by atoms with Crippen molar-refractivity contribution in [1.29, 1.82) is 0 Å². The number of hydrogen-bond donors (Lipinski definition) is 2. The smallest absolute Gasteiger partial charge is 0.243 e. The van der Waals surface area contributed by atoms with Crippen LogP contribution in [0.3, 0.4) is 0 Å². The van der Waals surface area contributed by atoms with E-state index in [1.54, 1.807) is 20.2 Å². The monoisotopic (exact) mass is 397 g/mol. The van der Waals surface area contributed by atoms with Crippen LogP contribution in [0.2, 0.25) is 5.02 Å². The molecule has 2 rings (SSSR count). The van der Waals surface area contributed by atoms with Gasteiger partial charge in [0.25, 0.3) is 0 Å². The summed E-state index contributed by atoms with van der Waals surface area (Å²) < 4.78 is 14.0. The number of rotatable bonds is 5. The van der Waals surface area contributed by atoms with Gasteiger partial charge in [-0.05, 0) is 45.0 Å². The first kappa shape index (κ1) is 21.4. The number of aliphatic imine (C=N–C) groups is 1. The third kappa shape index (κ3) is 5.81. The number of likely N-dealkylation sites (N-methyl/N-ethyl adjacent to an activating group) is 2. The zero-order valence-corrected chi connectivity index (χ0v) is 17.3. The molecule has 1 aromatic carbocycles. The molecule has 1 amide bonds. The van der Waals surface area contributed by atoms with Crippen LogP contribution < -0.4 is 10.6 Å². The van der Waals surface area contributed by atoms with Crippen molar-refractivity contribution in [2.24, 2.45) is 4.99 Å². The number of nitrogens with one attached hydrogen (secondary N) is 2. The second kappa shape index (κ2) is 9.37. The van der Waals surface area contributed by atoms with Gasteiger partial charge in [0.1, 0.15) is 12.4 Å². The van der Waals surface area contributed by atoms with Gasteiger partial charge in [0, 0.05) is 32.7 Å². The third-order valence-corrected chi connectivity index (χ3v) is 4.86. The van der Waals surface area contributed by atoms with Gasteiger partial charge in [-0.25, -0.2) is 9.38 Å². The molecule has 1 saturated heterocycles. The van der Waals surface area contributed by atoms with Crippen LogP contribution in [-0.4, -0.2) is 68.0 Å². The molecule has 1 aliphatic heterocycles. The van der Waals surface area contributed by atoms with Crippen LogP contribution in [0.25, 0.3) is 0 Å². The summed E-state index contributed by atoms with van der Waals surface area (Å²) >= 11 is 5.83. The summed E-state index contributed by atoms with van der Waals surface area (Å²) in [5.74, 6) is 0.0960. The molecule has 0 spiro atoms. The molecule has 2 unspecified atom stereocenters. The fourth-order valence-corrected chi connectivity index (χ4v) is 3.27. The van der Waals surface area contributed by atoms with Gasteiger partial charge in [0.2, 0.25) is 5.91 Å². The minimum Gasteiger partial charge on any atom is -0.354 e. The van der Waals surface area contributed by atoms with Crippen molar-refractivity contribution in [3.63, 3.8) is 0 Å². The largest absolute Gasteiger partial charge is 0.354 e. The molecule has 1 aliphatic rings. The Morgan fingerprint density at radius 2 is 2.15 bits per heavy atom. The first-order valence-corrected chi connectivity index (χ1v) is 9.49. The predicted octanol–water partition coefficient (Wildman–Crippen LogP) is 2.26. The van der Waals surface area contributed by atoms with E-state index in [4.69, 9.17) is 11.6 Å². The highest BCUT2D eigenvalue weighted by molar-refractivity contribution is 6.30. The van der Waals surface area contributed by atoms with Crippen LogP contribution in [0.4, 0.5) is 4.39 Å². The first-order chi connectivity index (χ1) is 12.7. The van der Waals surface area contributed by atoms with E-state index in [-0.39, 0.29) is 35.6 Å². The van der Waals surface area contributed by atoms with E-state index in [0.29, 0.717) is 5.96 Å². The van der Waals surface area contributed by atoms with Gasteiger partial charge in [-0.2, -0.15) is 0 Å². The average molecular weight is 398 g/mol. The summed E-state index contributed by atoms with van der Waals surface area (Å²) in [6.45, 7) is 4.96. The number of carbonyl (C=O) groups excluding carboxylic acids is 1. The standard InChI is InChI=1S/C19H29ClFN5O/c1-12(2)23-19(22-11-17(27)25(3)4)24-16-8-9-26(5)18(16)13-6-7-14(20)15(21)10-13/h6-7,10,12,16,18H,8-9,11H2,1-5H3,(H2,22,23,24). The van der Waals surface area contributed by atoms with E-state index >= 15 is 0 Å². The molecule has 8 heteroatoms. The molecular weight excluding hydrogens is 369 g/mol. The van der Waals surface area contributed by atoms with E-state index in [1.807, 2.05) is 27.0 Å². The number of benzene rings is 1. The minimum atomic E-state index is -0.418. The SMILES string of the molecule is CC(C)NC(=NCC(=O)N(C)C)NC1CCN(C)C1c1ccc(Cl)c(F)c1. The highest BCUT2D eigenvalue weighted by Crippen LogP contribution is 2.32. The number of nitrogens with zero attached hydrogens (tertiary/aromatic N) is 3. The van der Waals surface area contributed by atoms with Crippen molar-refractivity contribution < 1.29 is 9.18 Å². The van der Waals surface area contributed by atoms with Gasteiger partial charge in [0.05, 0.1) is 11.1 Å². The Hall–Kier alpha value is -1.86. The van der Waals surface area contributed by atoms with Crippen molar-refractivity contribution in [3.05, 3.63) is 34.6 Å². The van der Waals surface area contributed by atoms with Crippen molar-refractivity contribution in [3.8, 4) is 0 Å². The molecule has 27 heavy (non-hydrogen) atoms. The van der Waals surface area contributed by atoms with Gasteiger partial charge in [0.15, 0.2) is 5.96 Å². The van der Waals surface area contributed by atoms with Crippen LogP contribution in [0.5, 0.6) is 0 Å². The Morgan fingerprint density at radius 3 is 2.74 bits per heavy atom. The molecular formula is C19H29ClFN5O. The quantitative estimate of drug-likeness (QED) is 0.591. The Bertz CT molecular complexity index is 695. The van der Waals surface area contributed by atoms with E-state index in [1.165, 1.54) is 11.0 Å². The van der Waals surface area contributed by atoms with Gasteiger partial charge in [-0.15, -0.1) is 0 Å². The molecule has 0 bridgehead atoms. The minimum absolute atomic E-state index is 0.0134. The third-order valence-electron chi connectivity index (χ3n) is 4.55. The predicted molar refractivity (Wildman–Crippen MR) is 108 cm³/mol. The van der Waals surface area contributed by atoms with E-state index < -0.39 is 5.82 Å². The molecule has 0 aliphatic carbocycles. The Kier molecular flexibility index (Phi) is 7.44. The van der Waals surface area contributed by atoms with Crippen molar-refractivity contribution in [2.75, 3.05) is 34.2 Å². The lowest BCUT2D eigenvalue weighted by atomic mass is 10.00. The first-order valence-electron chi connectivity index (χ1n) is 9.12. The molecule has 1 heterocycles. The number of halogens is 2. The van der Waals surface area contributed by atoms with Gasteiger partial charge in [-0.3, -0.25) is 9.69 Å². The molecule has 150 valence electrons. The van der Waals surface area contributed by atoms with Crippen molar-refractivity contribution in [2.45, 2.75) is 38.4 Å². The normalized spacial score (nSPS) is 20.8. The van der Waals surface area contributed by atoms with Crippen LogP contribution >= 0.6 is 11.6 Å². The molecule has 1 aromatic rings. The summed E-state index contributed by atoms with van der Waals surface area (Å²) in [4.78, 5) is 20.0. The number of carbonyl (C=O) groups is 1. The summed E-state index contributed by atoms with van der Waals surface area (Å²) in [5.41, 5.74) is 0.864. The zero-order valence-electron chi connectivity index (χ0n) is 16.6. The summed E-state index contributed by atoms with van der Waals surface area (Å²) in [7, 11) is 5.43. The number of amides is 1. The summed E-state index contributed by atoms with van der Waals surface area (Å²) in [6.07, 6.45) is 0.881. The van der Waals surface area contributed by atoms with Crippen LogP contribution in [0, 0.1) is 5.82 Å². The van der Waals surface area contributed by atoms with E-state index in [0.717, 1.165) is 18.5 Å². The second-order valence-corrected chi connectivity index (χ2v) is 7.80. The second-order valence-electron chi connectivity index (χ2n) is 7.39. The van der Waals surface area contributed by atoms with Crippen molar-refractivity contribution in [1.82, 2.24) is 20.4 Å². The topological polar surface area (TPSA) is 60.0 Å². The maximum absolute atomic E-state index is 14.0. The fourth-order valence-electron chi connectivity index (χ4n) is 3.15. The van der Waals surface area contributed by atoms with Crippen LogP contribution in [-0.2, 0) is 4.79 Å². The summed E-state index contributed by atoms with van der Waals surface area (Å²) in [6, 6.07) is 5.12. The van der Waals surface area contributed by atoms with Crippen molar-refractivity contribution >= 4 is 23.5 Å². The van der Waals surface area contributed by atoms with E-state index in [2.05, 4.69) is 20.5 Å². The molecule has 0 radical (unpaired) electrons. The average Bonchev–Trinajstić information content (AvgIpc) is 2.94. The molecule has 6 nitrogen and oxygen atoms in total. The van der Waals surface area contributed by atoms with Gasteiger partial charge in [-0.1, -0.05) is 17.7 Å². The molecule has 0 saturated carbocycles. The Labute approximate surface area is 165 Å². The highest BCUT2D eigenvalue weighted by Gasteiger charge is 2.34. The Balaban J connectivity index is 2.20. The Morgan fingerprint density at radius 1 is 1.44 bits per heavy atom. The van der Waals surface area contributed by atoms with E-state index in [9.17, 15) is 9.18 Å². The van der Waals surface area contributed by atoms with Gasteiger partial charge < -0.3 is 15.5 Å². The molecule has 2 atom stereocenters. The summed E-state index contributed by atoms with van der Waals surface area (Å²) in [5, 5.41) is 6.81. The zero-order chi connectivity index (χ0) is 20.1. The number of hydrogen-bond acceptors (Lipinski definition) is 3. The molecule has 2 N–H and O–H groups in total.